The summed E-state index contributed by atoms with van der Waals surface area (Å²) >= 11 is 4.46. The Labute approximate surface area is 316 Å². The first kappa shape index (κ1) is 42.6. The van der Waals surface area contributed by atoms with E-state index >= 15 is 0 Å². The molecule has 0 saturated heterocycles. The van der Waals surface area contributed by atoms with Crippen LogP contribution in [0, 0.1) is 20.8 Å². The molecule has 0 heterocycles. The Morgan fingerprint density at radius 1 is 0.560 bits per heavy atom. The lowest BCUT2D eigenvalue weighted by atomic mass is 10.0. The van der Waals surface area contributed by atoms with Crippen molar-refractivity contribution in [2.45, 2.75) is 156 Å². The van der Waals surface area contributed by atoms with Crippen LogP contribution in [0.1, 0.15) is 145 Å². The van der Waals surface area contributed by atoms with Gasteiger partial charge in [-0.2, -0.15) is 0 Å². The van der Waals surface area contributed by atoms with Gasteiger partial charge in [-0.1, -0.05) is 132 Å². The average Bonchev–Trinajstić information content (AvgIpc) is 3.12. The number of allylic oxidation sites excluding steroid dienone is 2. The molecule has 0 saturated carbocycles. The van der Waals surface area contributed by atoms with Crippen molar-refractivity contribution in [3.63, 3.8) is 0 Å². The zero-order valence-electron chi connectivity index (χ0n) is 32.4. The van der Waals surface area contributed by atoms with E-state index in [9.17, 15) is 0 Å². The van der Waals surface area contributed by atoms with Crippen molar-refractivity contribution in [2.75, 3.05) is 13.2 Å². The molecule has 3 aromatic carbocycles. The highest BCUT2D eigenvalue weighted by Gasteiger charge is 2.47. The van der Waals surface area contributed by atoms with Gasteiger partial charge in [0, 0.05) is 13.2 Å². The summed E-state index contributed by atoms with van der Waals surface area (Å²) in [5.74, 6) is -1.98. The van der Waals surface area contributed by atoms with E-state index in [0.29, 0.717) is 0 Å². The fourth-order valence-electron chi connectivity index (χ4n) is 6.93. The van der Waals surface area contributed by atoms with E-state index in [0.717, 1.165) is 45.3 Å². The first-order valence-electron chi connectivity index (χ1n) is 20.1. The van der Waals surface area contributed by atoms with Crippen LogP contribution in [-0.2, 0) is 15.9 Å². The van der Waals surface area contributed by atoms with Gasteiger partial charge in [-0.3, -0.25) is 0 Å². The molecular formula is C46H69BrO2P+. The minimum atomic E-state index is -1.98. The Morgan fingerprint density at radius 3 is 1.62 bits per heavy atom. The van der Waals surface area contributed by atoms with E-state index in [-0.39, 0.29) is 6.29 Å². The first-order valence-corrected chi connectivity index (χ1v) is 23.9. The quantitative estimate of drug-likeness (QED) is 0.0333. The van der Waals surface area contributed by atoms with E-state index < -0.39 is 5.96 Å². The van der Waals surface area contributed by atoms with Crippen molar-refractivity contribution in [2.24, 2.45) is 0 Å². The molecule has 3 aromatic rings. The third-order valence-corrected chi connectivity index (χ3v) is 17.0. The molecule has 0 aliphatic heterocycles. The number of hydrogen-bond donors (Lipinski definition) is 0. The van der Waals surface area contributed by atoms with Gasteiger partial charge in [0.15, 0.2) is 27.7 Å². The Kier molecular flexibility index (Phi) is 21.5. The van der Waals surface area contributed by atoms with Gasteiger partial charge in [0.2, 0.25) is 0 Å². The molecule has 0 radical (unpaired) electrons. The smallest absolute Gasteiger partial charge is 0.181 e. The number of halogens is 1. The molecule has 4 heteroatoms. The fourth-order valence-corrected chi connectivity index (χ4v) is 13.9. The fraction of sp³-hybridized carbons (Fsp3) is 0.565. The number of unbranched alkanes of at least 4 members (excludes halogenated alkanes) is 12. The van der Waals surface area contributed by atoms with Crippen LogP contribution in [0.15, 0.2) is 78.9 Å². The van der Waals surface area contributed by atoms with Crippen molar-refractivity contribution >= 4 is 37.4 Å². The molecular weight excluding hydrogens is 695 g/mol. The van der Waals surface area contributed by atoms with Crippen molar-refractivity contribution in [3.05, 3.63) is 101 Å². The summed E-state index contributed by atoms with van der Waals surface area (Å²) in [6, 6.07) is 24.8. The second-order valence-electron chi connectivity index (χ2n) is 14.2. The Bertz CT molecular complexity index is 1310. The van der Waals surface area contributed by atoms with Crippen LogP contribution in [0.4, 0.5) is 0 Å². The highest BCUT2D eigenvalue weighted by Crippen LogP contribution is 2.64. The maximum Gasteiger partial charge on any atom is 0.181 e. The molecule has 50 heavy (non-hydrogen) atoms. The molecule has 2 nitrogen and oxygen atoms in total. The number of aryl methyl sites for hydroxylation is 3. The van der Waals surface area contributed by atoms with Gasteiger partial charge in [0.1, 0.15) is 15.9 Å². The SMILES string of the molecule is CCCCCCCOC(CCCCC/C=C\CCCc1cccc([P+](Br)(c2ccccc2C)c2ccccc2C)c1C)OCCCCCCC. The molecule has 0 aliphatic carbocycles. The predicted molar refractivity (Wildman–Crippen MR) is 227 cm³/mol. The van der Waals surface area contributed by atoms with Gasteiger partial charge in [-0.15, -0.1) is 0 Å². The van der Waals surface area contributed by atoms with Gasteiger partial charge in [-0.05, 0) is 119 Å². The maximum absolute atomic E-state index is 6.21. The summed E-state index contributed by atoms with van der Waals surface area (Å²) in [4.78, 5) is 0. The molecule has 0 atom stereocenters. The second-order valence-corrected chi connectivity index (χ2v) is 20.0. The molecule has 0 unspecified atom stereocenters. The third kappa shape index (κ3) is 14.3. The summed E-state index contributed by atoms with van der Waals surface area (Å²) in [7, 11) is 0. The zero-order chi connectivity index (χ0) is 35.9. The summed E-state index contributed by atoms with van der Waals surface area (Å²) < 4.78 is 12.4. The molecule has 0 aliphatic rings. The molecule has 276 valence electrons. The van der Waals surface area contributed by atoms with Crippen LogP contribution in [0.2, 0.25) is 0 Å². The van der Waals surface area contributed by atoms with Gasteiger partial charge in [0.25, 0.3) is 0 Å². The van der Waals surface area contributed by atoms with Crippen molar-refractivity contribution < 1.29 is 9.47 Å². The van der Waals surface area contributed by atoms with E-state index in [4.69, 9.17) is 9.47 Å². The van der Waals surface area contributed by atoms with Gasteiger partial charge in [-0.25, -0.2) is 0 Å². The Hall–Kier alpha value is -1.77. The maximum atomic E-state index is 6.21. The number of hydrogen-bond acceptors (Lipinski definition) is 2. The lowest BCUT2D eigenvalue weighted by molar-refractivity contribution is -0.148. The monoisotopic (exact) mass is 763 g/mol. The lowest BCUT2D eigenvalue weighted by Crippen LogP contribution is -2.31. The summed E-state index contributed by atoms with van der Waals surface area (Å²) in [5.41, 5.74) is 5.60. The number of rotatable bonds is 27. The lowest BCUT2D eigenvalue weighted by Gasteiger charge is -2.25. The van der Waals surface area contributed by atoms with Gasteiger partial charge in [0.05, 0.1) is 0 Å². The molecule has 3 rings (SSSR count). The molecule has 0 bridgehead atoms. The third-order valence-electron chi connectivity index (χ3n) is 10.0. The van der Waals surface area contributed by atoms with Gasteiger partial charge < -0.3 is 9.47 Å². The van der Waals surface area contributed by atoms with E-state index in [1.165, 1.54) is 122 Å². The highest BCUT2D eigenvalue weighted by molar-refractivity contribution is 9.44. The topological polar surface area (TPSA) is 18.5 Å². The van der Waals surface area contributed by atoms with Crippen LogP contribution in [-0.4, -0.2) is 19.5 Å². The summed E-state index contributed by atoms with van der Waals surface area (Å²) in [6.45, 7) is 13.1. The largest absolute Gasteiger partial charge is 0.353 e. The van der Waals surface area contributed by atoms with Crippen LogP contribution < -0.4 is 15.9 Å². The van der Waals surface area contributed by atoms with Crippen molar-refractivity contribution in [1.29, 1.82) is 0 Å². The molecule has 0 fully saturated rings. The minimum absolute atomic E-state index is 0.0184. The van der Waals surface area contributed by atoms with Crippen LogP contribution in [0.25, 0.3) is 0 Å². The van der Waals surface area contributed by atoms with Gasteiger partial charge >= 0.3 is 0 Å². The molecule has 0 aromatic heterocycles. The second kappa shape index (κ2) is 25.2. The van der Waals surface area contributed by atoms with E-state index in [1.807, 2.05) is 0 Å². The number of benzene rings is 3. The Balaban J connectivity index is 1.45. The van der Waals surface area contributed by atoms with E-state index in [2.05, 4.69) is 129 Å². The molecule has 0 spiro atoms. The van der Waals surface area contributed by atoms with Crippen LogP contribution >= 0.6 is 21.5 Å². The first-order chi connectivity index (χ1) is 24.4. The Morgan fingerprint density at radius 2 is 1.06 bits per heavy atom. The highest BCUT2D eigenvalue weighted by atomic mass is 79.9. The van der Waals surface area contributed by atoms with Crippen molar-refractivity contribution in [3.8, 4) is 0 Å². The number of ether oxygens (including phenoxy) is 2. The standard InChI is InChI=1S/C46H69BrO2P/c1-6-8-10-18-26-37-48-46(49-38-27-19-11-9-7-2)36-21-17-15-13-12-14-16-20-31-42-32-28-35-45(41(42)5)50(47,43-33-24-22-29-39(43)3)44-34-25-23-30-40(44)4/h12,14,22-25,28-30,32-35,46H,6-11,13,15-21,26-27,31,36-38H2,1-5H3/q+1/b14-12-. The minimum Gasteiger partial charge on any atom is -0.353 e. The van der Waals surface area contributed by atoms with Crippen LogP contribution in [0.5, 0.6) is 0 Å². The van der Waals surface area contributed by atoms with Crippen LogP contribution in [0.3, 0.4) is 0 Å². The molecule has 0 amide bonds. The molecule has 0 N–H and O–H groups in total. The van der Waals surface area contributed by atoms with E-state index in [1.54, 1.807) is 0 Å². The summed E-state index contributed by atoms with van der Waals surface area (Å²) in [5, 5.41) is 4.29. The predicted octanol–water partition coefficient (Wildman–Crippen LogP) is 13.3. The summed E-state index contributed by atoms with van der Waals surface area (Å²) in [6.07, 6.45) is 26.8. The normalized spacial score (nSPS) is 12.1. The zero-order valence-corrected chi connectivity index (χ0v) is 34.8. The van der Waals surface area contributed by atoms with Crippen molar-refractivity contribution in [1.82, 2.24) is 0 Å². The average molecular weight is 765 g/mol.